The van der Waals surface area contributed by atoms with Gasteiger partial charge < -0.3 is 14.6 Å². The minimum absolute atomic E-state index is 0.206. The number of benzene rings is 2. The Bertz CT molecular complexity index is 776. The van der Waals surface area contributed by atoms with E-state index in [0.717, 1.165) is 42.0 Å². The Labute approximate surface area is 160 Å². The zero-order valence-corrected chi connectivity index (χ0v) is 15.9. The van der Waals surface area contributed by atoms with Crippen LogP contribution in [0.1, 0.15) is 43.4 Å². The first-order valence-electron chi connectivity index (χ1n) is 9.50. The van der Waals surface area contributed by atoms with E-state index in [9.17, 15) is 9.90 Å². The van der Waals surface area contributed by atoms with Crippen LogP contribution in [0.15, 0.2) is 48.5 Å². The fraction of sp³-hybridized carbons (Fsp3) is 0.409. The van der Waals surface area contributed by atoms with Crippen LogP contribution >= 0.6 is 0 Å². The Balaban J connectivity index is 2.11. The number of para-hydroxylation sites is 1. The first-order valence-corrected chi connectivity index (χ1v) is 9.50. The van der Waals surface area contributed by atoms with Crippen molar-refractivity contribution < 1.29 is 19.4 Å². The first kappa shape index (κ1) is 19.2. The standard InChI is InChI=1S/C22H27NO4/c1-3-27-17-10-8-9-16(15-17)21(18-11-4-5-13-20(18)26-2)23-14-7-6-12-19(23)22(24)25/h4-5,8-11,13,15,19,21H,3,6-7,12,14H2,1-2H3,(H,24,25). The van der Waals surface area contributed by atoms with E-state index >= 15 is 0 Å². The summed E-state index contributed by atoms with van der Waals surface area (Å²) in [6.07, 6.45) is 2.58. The second kappa shape index (κ2) is 8.91. The summed E-state index contributed by atoms with van der Waals surface area (Å²) < 4.78 is 11.3. The van der Waals surface area contributed by atoms with Crippen molar-refractivity contribution in [1.82, 2.24) is 4.90 Å². The van der Waals surface area contributed by atoms with Crippen LogP contribution in [0.3, 0.4) is 0 Å². The summed E-state index contributed by atoms with van der Waals surface area (Å²) in [5.41, 5.74) is 1.99. The Kier molecular flexibility index (Phi) is 6.35. The van der Waals surface area contributed by atoms with E-state index in [1.807, 2.05) is 55.5 Å². The molecule has 1 heterocycles. The largest absolute Gasteiger partial charge is 0.496 e. The molecule has 0 saturated carbocycles. The van der Waals surface area contributed by atoms with Crippen LogP contribution in [0.5, 0.6) is 11.5 Å². The third-order valence-electron chi connectivity index (χ3n) is 5.08. The predicted molar refractivity (Wildman–Crippen MR) is 104 cm³/mol. The van der Waals surface area contributed by atoms with Crippen molar-refractivity contribution in [3.05, 3.63) is 59.7 Å². The summed E-state index contributed by atoms with van der Waals surface area (Å²) in [6.45, 7) is 3.28. The van der Waals surface area contributed by atoms with Gasteiger partial charge >= 0.3 is 5.97 Å². The number of likely N-dealkylation sites (tertiary alicyclic amines) is 1. The number of ether oxygens (including phenoxy) is 2. The van der Waals surface area contributed by atoms with Crippen molar-refractivity contribution in [3.8, 4) is 11.5 Å². The first-order chi connectivity index (χ1) is 13.2. The molecule has 0 spiro atoms. The van der Waals surface area contributed by atoms with Crippen LogP contribution in [0.25, 0.3) is 0 Å². The van der Waals surface area contributed by atoms with Gasteiger partial charge in [0.05, 0.1) is 19.8 Å². The molecule has 2 aromatic rings. The molecule has 0 aliphatic carbocycles. The molecule has 0 aromatic heterocycles. The van der Waals surface area contributed by atoms with Crippen molar-refractivity contribution >= 4 is 5.97 Å². The molecule has 1 N–H and O–H groups in total. The summed E-state index contributed by atoms with van der Waals surface area (Å²) >= 11 is 0. The van der Waals surface area contributed by atoms with Crippen molar-refractivity contribution in [2.24, 2.45) is 0 Å². The van der Waals surface area contributed by atoms with Crippen LogP contribution < -0.4 is 9.47 Å². The van der Waals surface area contributed by atoms with E-state index in [0.29, 0.717) is 13.0 Å². The predicted octanol–water partition coefficient (Wildman–Crippen LogP) is 4.12. The molecule has 0 amide bonds. The molecular formula is C22H27NO4. The van der Waals surface area contributed by atoms with Gasteiger partial charge in [0.25, 0.3) is 0 Å². The molecular weight excluding hydrogens is 342 g/mol. The molecule has 1 saturated heterocycles. The lowest BCUT2D eigenvalue weighted by Gasteiger charge is -2.40. The second-order valence-electron chi connectivity index (χ2n) is 6.74. The zero-order valence-electron chi connectivity index (χ0n) is 15.9. The number of methoxy groups -OCH3 is 1. The highest BCUT2D eigenvalue weighted by molar-refractivity contribution is 5.73. The molecule has 3 rings (SSSR count). The number of rotatable bonds is 7. The SMILES string of the molecule is CCOc1cccc(C(c2ccccc2OC)N2CCCCC2C(=O)O)c1. The summed E-state index contributed by atoms with van der Waals surface area (Å²) in [7, 11) is 1.65. The molecule has 27 heavy (non-hydrogen) atoms. The van der Waals surface area contributed by atoms with Crippen LogP contribution in [-0.2, 0) is 4.79 Å². The molecule has 2 aromatic carbocycles. The number of carboxylic acid groups (broad SMARTS) is 1. The van der Waals surface area contributed by atoms with Gasteiger partial charge in [0.15, 0.2) is 0 Å². The third-order valence-corrected chi connectivity index (χ3v) is 5.08. The molecule has 0 radical (unpaired) electrons. The van der Waals surface area contributed by atoms with Gasteiger partial charge in [0.1, 0.15) is 17.5 Å². The van der Waals surface area contributed by atoms with Gasteiger partial charge in [-0.3, -0.25) is 9.69 Å². The summed E-state index contributed by atoms with van der Waals surface area (Å²) in [4.78, 5) is 14.1. The van der Waals surface area contributed by atoms with Crippen molar-refractivity contribution in [3.63, 3.8) is 0 Å². The van der Waals surface area contributed by atoms with Crippen molar-refractivity contribution in [2.45, 2.75) is 38.3 Å². The molecule has 1 aliphatic rings. The number of hydrogen-bond donors (Lipinski definition) is 1. The highest BCUT2D eigenvalue weighted by Gasteiger charge is 2.36. The van der Waals surface area contributed by atoms with E-state index in [1.165, 1.54) is 0 Å². The summed E-state index contributed by atoms with van der Waals surface area (Å²) in [5, 5.41) is 9.82. The maximum absolute atomic E-state index is 12.0. The van der Waals surface area contributed by atoms with Gasteiger partial charge in [-0.1, -0.05) is 36.8 Å². The number of piperidine rings is 1. The lowest BCUT2D eigenvalue weighted by Crippen LogP contribution is -2.46. The molecule has 1 fully saturated rings. The lowest BCUT2D eigenvalue weighted by molar-refractivity contribution is -0.145. The average Bonchev–Trinajstić information content (AvgIpc) is 2.69. The fourth-order valence-corrected chi connectivity index (χ4v) is 3.91. The zero-order chi connectivity index (χ0) is 19.2. The maximum atomic E-state index is 12.0. The average molecular weight is 369 g/mol. The Morgan fingerprint density at radius 3 is 2.78 bits per heavy atom. The monoisotopic (exact) mass is 369 g/mol. The summed E-state index contributed by atoms with van der Waals surface area (Å²) in [5.74, 6) is 0.786. The topological polar surface area (TPSA) is 59.0 Å². The molecule has 144 valence electrons. The van der Waals surface area contributed by atoms with Crippen molar-refractivity contribution in [2.75, 3.05) is 20.3 Å². The van der Waals surface area contributed by atoms with Crippen LogP contribution in [-0.4, -0.2) is 42.3 Å². The fourth-order valence-electron chi connectivity index (χ4n) is 3.91. The normalized spacial score (nSPS) is 18.7. The molecule has 0 bridgehead atoms. The smallest absolute Gasteiger partial charge is 0.320 e. The van der Waals surface area contributed by atoms with Crippen LogP contribution in [0.4, 0.5) is 0 Å². The van der Waals surface area contributed by atoms with E-state index in [2.05, 4.69) is 4.90 Å². The van der Waals surface area contributed by atoms with E-state index < -0.39 is 12.0 Å². The molecule has 2 atom stereocenters. The maximum Gasteiger partial charge on any atom is 0.320 e. The van der Waals surface area contributed by atoms with Crippen LogP contribution in [0, 0.1) is 0 Å². The quantitative estimate of drug-likeness (QED) is 0.795. The van der Waals surface area contributed by atoms with E-state index in [-0.39, 0.29) is 6.04 Å². The third kappa shape index (κ3) is 4.25. The number of carboxylic acids is 1. The van der Waals surface area contributed by atoms with Gasteiger partial charge in [-0.2, -0.15) is 0 Å². The van der Waals surface area contributed by atoms with Gasteiger partial charge in [-0.25, -0.2) is 0 Å². The molecule has 5 nitrogen and oxygen atoms in total. The second-order valence-corrected chi connectivity index (χ2v) is 6.74. The number of carbonyl (C=O) groups is 1. The van der Waals surface area contributed by atoms with E-state index in [4.69, 9.17) is 9.47 Å². The molecule has 5 heteroatoms. The molecule has 1 aliphatic heterocycles. The minimum Gasteiger partial charge on any atom is -0.496 e. The Morgan fingerprint density at radius 1 is 1.22 bits per heavy atom. The highest BCUT2D eigenvalue weighted by Crippen LogP contribution is 2.39. The van der Waals surface area contributed by atoms with Gasteiger partial charge in [0.2, 0.25) is 0 Å². The Morgan fingerprint density at radius 2 is 2.04 bits per heavy atom. The lowest BCUT2D eigenvalue weighted by atomic mass is 9.91. The minimum atomic E-state index is -0.768. The Hall–Kier alpha value is -2.53. The van der Waals surface area contributed by atoms with Crippen molar-refractivity contribution in [1.29, 1.82) is 0 Å². The van der Waals surface area contributed by atoms with E-state index in [1.54, 1.807) is 7.11 Å². The number of nitrogens with zero attached hydrogens (tertiary/aromatic N) is 1. The number of hydrogen-bond acceptors (Lipinski definition) is 4. The van der Waals surface area contributed by atoms with Gasteiger partial charge in [0, 0.05) is 5.56 Å². The van der Waals surface area contributed by atoms with Gasteiger partial charge in [-0.05, 0) is 50.1 Å². The highest BCUT2D eigenvalue weighted by atomic mass is 16.5. The van der Waals surface area contributed by atoms with Crippen LogP contribution in [0.2, 0.25) is 0 Å². The molecule has 2 unspecified atom stereocenters. The summed E-state index contributed by atoms with van der Waals surface area (Å²) in [6, 6.07) is 15.1. The number of aliphatic carboxylic acids is 1. The van der Waals surface area contributed by atoms with Gasteiger partial charge in [-0.15, -0.1) is 0 Å².